The first-order chi connectivity index (χ1) is 10.3. The van der Waals surface area contributed by atoms with Gasteiger partial charge in [0.05, 0.1) is 17.6 Å². The Hall–Kier alpha value is -0.940. The lowest BCUT2D eigenvalue weighted by Crippen LogP contribution is -2.59. The van der Waals surface area contributed by atoms with Gasteiger partial charge in [-0.05, 0) is 44.9 Å². The molecule has 1 aliphatic carbocycles. The number of hydrogen-bond donors (Lipinski definition) is 2. The van der Waals surface area contributed by atoms with Crippen molar-refractivity contribution in [2.75, 3.05) is 6.54 Å². The fourth-order valence-corrected chi connectivity index (χ4v) is 4.15. The van der Waals surface area contributed by atoms with Crippen molar-refractivity contribution in [1.82, 2.24) is 4.90 Å². The molecule has 1 amide bonds. The highest BCUT2D eigenvalue weighted by molar-refractivity contribution is 5.94. The van der Waals surface area contributed by atoms with Crippen LogP contribution in [0.5, 0.6) is 0 Å². The zero-order valence-electron chi connectivity index (χ0n) is 14.0. The fraction of sp³-hybridized carbons (Fsp3) is 0.882. The van der Waals surface area contributed by atoms with Gasteiger partial charge in [0.15, 0.2) is 5.78 Å². The highest BCUT2D eigenvalue weighted by Crippen LogP contribution is 2.47. The minimum atomic E-state index is -0.711. The summed E-state index contributed by atoms with van der Waals surface area (Å²) in [5.74, 6) is -0.0282. The second-order valence-corrected chi connectivity index (χ2v) is 7.52. The molecule has 0 radical (unpaired) electrons. The topological polar surface area (TPSA) is 83.6 Å². The quantitative estimate of drug-likeness (QED) is 0.746. The van der Waals surface area contributed by atoms with E-state index in [1.54, 1.807) is 6.92 Å². The lowest BCUT2D eigenvalue weighted by molar-refractivity contribution is -0.141. The van der Waals surface area contributed by atoms with Crippen LogP contribution in [0.1, 0.15) is 59.3 Å². The van der Waals surface area contributed by atoms with Crippen molar-refractivity contribution in [3.63, 3.8) is 0 Å². The molecule has 4 atom stereocenters. The summed E-state index contributed by atoms with van der Waals surface area (Å²) >= 11 is 0. The molecule has 5 nitrogen and oxygen atoms in total. The van der Waals surface area contributed by atoms with Gasteiger partial charge < -0.3 is 10.8 Å². The lowest BCUT2D eigenvalue weighted by atomic mass is 9.73. The molecular formula is C17H30N2O3. The monoisotopic (exact) mass is 310 g/mol. The van der Waals surface area contributed by atoms with Gasteiger partial charge in [0.25, 0.3) is 0 Å². The maximum atomic E-state index is 12.2. The molecule has 2 fully saturated rings. The summed E-state index contributed by atoms with van der Waals surface area (Å²) in [5.41, 5.74) is 5.16. The van der Waals surface area contributed by atoms with Crippen LogP contribution >= 0.6 is 0 Å². The highest BCUT2D eigenvalue weighted by atomic mass is 16.3. The van der Waals surface area contributed by atoms with Gasteiger partial charge in [-0.2, -0.15) is 0 Å². The van der Waals surface area contributed by atoms with Crippen LogP contribution in [-0.4, -0.2) is 45.9 Å². The molecule has 1 saturated carbocycles. The van der Waals surface area contributed by atoms with Gasteiger partial charge in [0.1, 0.15) is 0 Å². The van der Waals surface area contributed by atoms with E-state index in [1.165, 1.54) is 0 Å². The maximum absolute atomic E-state index is 12.2. The SMILES string of the molecule is CC(C)CN1C(CC[C@H](C(N)=O)[C@@H](C)O)CCC12CCC2=O. The van der Waals surface area contributed by atoms with Crippen LogP contribution in [0.4, 0.5) is 0 Å². The Balaban J connectivity index is 2.03. The third-order valence-corrected chi connectivity index (χ3v) is 5.49. The average Bonchev–Trinajstić information content (AvgIpc) is 2.77. The minimum Gasteiger partial charge on any atom is -0.393 e. The molecule has 1 aliphatic heterocycles. The maximum Gasteiger partial charge on any atom is 0.223 e. The Morgan fingerprint density at radius 2 is 2.09 bits per heavy atom. The van der Waals surface area contributed by atoms with Crippen molar-refractivity contribution in [3.8, 4) is 0 Å². The van der Waals surface area contributed by atoms with Gasteiger partial charge in [-0.25, -0.2) is 0 Å². The molecule has 126 valence electrons. The molecule has 0 aromatic heterocycles. The number of primary amides is 1. The number of aliphatic hydroxyl groups is 1. The molecule has 2 rings (SSSR count). The Kier molecular flexibility index (Phi) is 5.28. The number of rotatable bonds is 7. The van der Waals surface area contributed by atoms with E-state index in [2.05, 4.69) is 18.7 Å². The minimum absolute atomic E-state index is 0.220. The highest BCUT2D eigenvalue weighted by Gasteiger charge is 2.55. The summed E-state index contributed by atoms with van der Waals surface area (Å²) in [6.45, 7) is 6.89. The second-order valence-electron chi connectivity index (χ2n) is 7.52. The number of likely N-dealkylation sites (tertiary alicyclic amines) is 1. The lowest BCUT2D eigenvalue weighted by Gasteiger charge is -2.47. The number of nitrogens with zero attached hydrogens (tertiary/aromatic N) is 1. The smallest absolute Gasteiger partial charge is 0.223 e. The van der Waals surface area contributed by atoms with Crippen LogP contribution in [0.25, 0.3) is 0 Å². The van der Waals surface area contributed by atoms with E-state index >= 15 is 0 Å². The van der Waals surface area contributed by atoms with Gasteiger partial charge in [-0.1, -0.05) is 13.8 Å². The van der Waals surface area contributed by atoms with Crippen molar-refractivity contribution in [3.05, 3.63) is 0 Å². The Labute approximate surface area is 133 Å². The molecule has 3 N–H and O–H groups in total. The van der Waals surface area contributed by atoms with Crippen molar-refractivity contribution >= 4 is 11.7 Å². The first kappa shape index (κ1) is 17.4. The van der Waals surface area contributed by atoms with Crippen LogP contribution in [0, 0.1) is 11.8 Å². The van der Waals surface area contributed by atoms with E-state index in [9.17, 15) is 14.7 Å². The number of carbonyl (C=O) groups is 2. The van der Waals surface area contributed by atoms with Gasteiger partial charge in [0, 0.05) is 19.0 Å². The first-order valence-electron chi connectivity index (χ1n) is 8.55. The molecule has 2 unspecified atom stereocenters. The van der Waals surface area contributed by atoms with E-state index in [1.807, 2.05) is 0 Å². The molecule has 2 aliphatic rings. The van der Waals surface area contributed by atoms with E-state index < -0.39 is 17.9 Å². The summed E-state index contributed by atoms with van der Waals surface area (Å²) in [4.78, 5) is 26.0. The van der Waals surface area contributed by atoms with Crippen molar-refractivity contribution in [1.29, 1.82) is 0 Å². The Morgan fingerprint density at radius 1 is 1.41 bits per heavy atom. The van der Waals surface area contributed by atoms with Crippen LogP contribution < -0.4 is 5.73 Å². The Morgan fingerprint density at radius 3 is 2.50 bits per heavy atom. The summed E-state index contributed by atoms with van der Waals surface area (Å²) in [7, 11) is 0. The molecule has 5 heteroatoms. The molecule has 1 saturated heterocycles. The molecule has 0 aromatic carbocycles. The fourth-order valence-electron chi connectivity index (χ4n) is 4.15. The number of amides is 1. The first-order valence-corrected chi connectivity index (χ1v) is 8.55. The van der Waals surface area contributed by atoms with Gasteiger partial charge >= 0.3 is 0 Å². The normalized spacial score (nSPS) is 31.5. The molecule has 1 spiro atoms. The van der Waals surface area contributed by atoms with Crippen molar-refractivity contribution in [2.45, 2.75) is 77.0 Å². The number of nitrogens with two attached hydrogens (primary N) is 1. The number of ketones is 1. The number of aliphatic hydroxyl groups excluding tert-OH is 1. The third-order valence-electron chi connectivity index (χ3n) is 5.49. The molecule has 0 bridgehead atoms. The van der Waals surface area contributed by atoms with Gasteiger partial charge in [-0.15, -0.1) is 0 Å². The summed E-state index contributed by atoms with van der Waals surface area (Å²) in [6, 6.07) is 0.326. The zero-order valence-corrected chi connectivity index (χ0v) is 14.0. The molecule has 1 heterocycles. The molecule has 0 aromatic rings. The summed E-state index contributed by atoms with van der Waals surface area (Å²) in [6.07, 6.45) is 4.33. The Bertz CT molecular complexity index is 436. The van der Waals surface area contributed by atoms with Crippen LogP contribution in [0.2, 0.25) is 0 Å². The number of Topliss-reactive ketones (excluding diaryl/α,β-unsaturated/α-hetero) is 1. The van der Waals surface area contributed by atoms with E-state index in [0.29, 0.717) is 30.6 Å². The van der Waals surface area contributed by atoms with E-state index in [-0.39, 0.29) is 5.54 Å². The summed E-state index contributed by atoms with van der Waals surface area (Å²) < 4.78 is 0. The number of hydrogen-bond acceptors (Lipinski definition) is 4. The van der Waals surface area contributed by atoms with Crippen LogP contribution in [-0.2, 0) is 9.59 Å². The second kappa shape index (κ2) is 6.67. The van der Waals surface area contributed by atoms with Gasteiger partial charge in [0.2, 0.25) is 5.91 Å². The van der Waals surface area contributed by atoms with E-state index in [4.69, 9.17) is 5.73 Å². The third kappa shape index (κ3) is 3.20. The molecular weight excluding hydrogens is 280 g/mol. The standard InChI is InChI=1S/C17H30N2O3/c1-11(2)10-19-13(4-5-14(12(3)20)16(18)22)6-8-17(19)9-7-15(17)21/h11-14,20H,4-10H2,1-3H3,(H2,18,22)/t12-,13?,14+,17?/m1/s1. The van der Waals surface area contributed by atoms with Crippen molar-refractivity contribution in [2.24, 2.45) is 17.6 Å². The largest absolute Gasteiger partial charge is 0.393 e. The molecule has 22 heavy (non-hydrogen) atoms. The number of carbonyl (C=O) groups excluding carboxylic acids is 2. The van der Waals surface area contributed by atoms with Crippen LogP contribution in [0.15, 0.2) is 0 Å². The van der Waals surface area contributed by atoms with Gasteiger partial charge in [-0.3, -0.25) is 14.5 Å². The zero-order chi connectivity index (χ0) is 16.5. The van der Waals surface area contributed by atoms with Crippen molar-refractivity contribution < 1.29 is 14.7 Å². The average molecular weight is 310 g/mol. The van der Waals surface area contributed by atoms with E-state index in [0.717, 1.165) is 32.2 Å². The van der Waals surface area contributed by atoms with Crippen LogP contribution in [0.3, 0.4) is 0 Å². The predicted octanol–water partition coefficient (Wildman–Crippen LogP) is 1.47. The summed E-state index contributed by atoms with van der Waals surface area (Å²) in [5, 5.41) is 9.70. The predicted molar refractivity (Wildman–Crippen MR) is 85.1 cm³/mol.